The maximum atomic E-state index is 12.2. The maximum Gasteiger partial charge on any atom is 0.225 e. The molecule has 1 N–H and O–H groups in total. The van der Waals surface area contributed by atoms with E-state index in [-0.39, 0.29) is 18.1 Å². The Kier molecular flexibility index (Phi) is 5.33. The summed E-state index contributed by atoms with van der Waals surface area (Å²) in [5.74, 6) is 0.0175. The van der Waals surface area contributed by atoms with Crippen LogP contribution in [-0.4, -0.2) is 42.7 Å². The van der Waals surface area contributed by atoms with Gasteiger partial charge >= 0.3 is 0 Å². The Morgan fingerprint density at radius 3 is 2.85 bits per heavy atom. The highest BCUT2D eigenvalue weighted by atomic mass is 16.5. The molecule has 1 aromatic carbocycles. The van der Waals surface area contributed by atoms with Crippen molar-refractivity contribution in [2.24, 2.45) is 5.41 Å². The number of hydrogen-bond acceptors (Lipinski definition) is 5. The molecule has 0 radical (unpaired) electrons. The van der Waals surface area contributed by atoms with Crippen molar-refractivity contribution in [1.29, 1.82) is 5.26 Å². The molecule has 1 saturated heterocycles. The van der Waals surface area contributed by atoms with Gasteiger partial charge in [0, 0.05) is 42.3 Å². The fourth-order valence-electron chi connectivity index (χ4n) is 3.35. The predicted molar refractivity (Wildman–Crippen MR) is 105 cm³/mol. The zero-order valence-corrected chi connectivity index (χ0v) is 16.3. The van der Waals surface area contributed by atoms with Crippen LogP contribution >= 0.6 is 0 Å². The number of fused-ring (bicyclic) bond motifs is 1. The minimum absolute atomic E-state index is 0.0175. The first kappa shape index (κ1) is 19.1. The van der Waals surface area contributed by atoms with Gasteiger partial charge in [-0.1, -0.05) is 20.8 Å². The molecule has 27 heavy (non-hydrogen) atoms. The number of nitrogens with zero attached hydrogens (tertiary/aromatic N) is 3. The van der Waals surface area contributed by atoms with Crippen LogP contribution in [-0.2, 0) is 9.53 Å². The Bertz CT molecular complexity index is 882. The normalized spacial score (nSPS) is 20.3. The lowest BCUT2D eigenvalue weighted by atomic mass is 9.95. The highest BCUT2D eigenvalue weighted by Gasteiger charge is 2.28. The number of aromatic nitrogens is 1. The number of benzene rings is 1. The molecule has 2 heterocycles. The number of morpholine rings is 1. The third kappa shape index (κ3) is 4.20. The molecule has 0 bridgehead atoms. The second-order valence-corrected chi connectivity index (χ2v) is 8.08. The molecular formula is C21H26N4O2. The van der Waals surface area contributed by atoms with Crippen LogP contribution in [0, 0.1) is 16.7 Å². The average molecular weight is 366 g/mol. The summed E-state index contributed by atoms with van der Waals surface area (Å²) in [6.07, 6.45) is 1.65. The lowest BCUT2D eigenvalue weighted by Crippen LogP contribution is -2.51. The quantitative estimate of drug-likeness (QED) is 0.904. The third-order valence-corrected chi connectivity index (χ3v) is 4.71. The minimum Gasteiger partial charge on any atom is -0.370 e. The SMILES string of the molecule is C[C@@H]1CN(c2ccc(C#N)c3ncccc23)C[C@H](CNC(=O)C(C)(C)C)O1. The Balaban J connectivity index is 1.82. The summed E-state index contributed by atoms with van der Waals surface area (Å²) in [7, 11) is 0. The van der Waals surface area contributed by atoms with E-state index >= 15 is 0 Å². The van der Waals surface area contributed by atoms with E-state index in [1.165, 1.54) is 0 Å². The minimum atomic E-state index is -0.422. The van der Waals surface area contributed by atoms with Gasteiger partial charge in [-0.15, -0.1) is 0 Å². The summed E-state index contributed by atoms with van der Waals surface area (Å²) in [6.45, 7) is 9.63. The lowest BCUT2D eigenvalue weighted by Gasteiger charge is -2.39. The van der Waals surface area contributed by atoms with E-state index < -0.39 is 5.41 Å². The molecule has 2 aromatic rings. The molecule has 0 saturated carbocycles. The van der Waals surface area contributed by atoms with Crippen LogP contribution in [0.25, 0.3) is 10.9 Å². The standard InChI is InChI=1S/C21H26N4O2/c1-14-12-25(13-16(27-14)11-24-20(26)21(2,3)4)18-8-7-15(10-22)19-17(18)6-5-9-23-19/h5-9,14,16H,11-13H2,1-4H3,(H,24,26)/t14-,16+/m1/s1. The highest BCUT2D eigenvalue weighted by molar-refractivity contribution is 5.95. The number of rotatable bonds is 3. The first-order valence-corrected chi connectivity index (χ1v) is 9.26. The molecule has 1 aliphatic rings. The van der Waals surface area contributed by atoms with Crippen LogP contribution in [0.4, 0.5) is 5.69 Å². The Labute approximate surface area is 160 Å². The van der Waals surface area contributed by atoms with Gasteiger partial charge < -0.3 is 15.0 Å². The maximum absolute atomic E-state index is 12.2. The van der Waals surface area contributed by atoms with Crippen molar-refractivity contribution in [3.05, 3.63) is 36.0 Å². The number of amides is 1. The molecular weight excluding hydrogens is 340 g/mol. The molecule has 0 aliphatic carbocycles. The van der Waals surface area contributed by atoms with Gasteiger partial charge in [-0.2, -0.15) is 5.26 Å². The number of anilines is 1. The summed E-state index contributed by atoms with van der Waals surface area (Å²) in [5, 5.41) is 13.3. The van der Waals surface area contributed by atoms with E-state index in [1.807, 2.05) is 52.0 Å². The van der Waals surface area contributed by atoms with Crippen LogP contribution in [0.3, 0.4) is 0 Å². The van der Waals surface area contributed by atoms with E-state index in [4.69, 9.17) is 4.74 Å². The van der Waals surface area contributed by atoms with Crippen LogP contribution in [0.15, 0.2) is 30.5 Å². The van der Waals surface area contributed by atoms with Crippen molar-refractivity contribution in [3.63, 3.8) is 0 Å². The van der Waals surface area contributed by atoms with E-state index in [9.17, 15) is 10.1 Å². The topological polar surface area (TPSA) is 78.3 Å². The largest absolute Gasteiger partial charge is 0.370 e. The third-order valence-electron chi connectivity index (χ3n) is 4.71. The van der Waals surface area contributed by atoms with Gasteiger partial charge in [0.15, 0.2) is 0 Å². The van der Waals surface area contributed by atoms with E-state index in [1.54, 1.807) is 6.20 Å². The van der Waals surface area contributed by atoms with Crippen LogP contribution in [0.1, 0.15) is 33.3 Å². The van der Waals surface area contributed by atoms with Gasteiger partial charge in [0.05, 0.1) is 23.3 Å². The summed E-state index contributed by atoms with van der Waals surface area (Å²) >= 11 is 0. The zero-order chi connectivity index (χ0) is 19.6. The van der Waals surface area contributed by atoms with Crippen molar-refractivity contribution >= 4 is 22.5 Å². The van der Waals surface area contributed by atoms with Crippen molar-refractivity contribution in [1.82, 2.24) is 10.3 Å². The monoisotopic (exact) mass is 366 g/mol. The fraction of sp³-hybridized carbons (Fsp3) is 0.476. The second kappa shape index (κ2) is 7.53. The molecule has 142 valence electrons. The molecule has 0 unspecified atom stereocenters. The smallest absolute Gasteiger partial charge is 0.225 e. The first-order chi connectivity index (χ1) is 12.8. The van der Waals surface area contributed by atoms with Crippen LogP contribution in [0.5, 0.6) is 0 Å². The fourth-order valence-corrected chi connectivity index (χ4v) is 3.35. The summed E-state index contributed by atoms with van der Waals surface area (Å²) in [4.78, 5) is 18.8. The van der Waals surface area contributed by atoms with Crippen molar-refractivity contribution < 1.29 is 9.53 Å². The van der Waals surface area contributed by atoms with E-state index in [0.29, 0.717) is 24.2 Å². The summed E-state index contributed by atoms with van der Waals surface area (Å²) in [6, 6.07) is 9.89. The van der Waals surface area contributed by atoms with Crippen LogP contribution in [0.2, 0.25) is 0 Å². The molecule has 1 amide bonds. The van der Waals surface area contributed by atoms with Gasteiger partial charge in [-0.3, -0.25) is 9.78 Å². The Morgan fingerprint density at radius 1 is 1.37 bits per heavy atom. The number of ether oxygens (including phenoxy) is 1. The van der Waals surface area contributed by atoms with Gasteiger partial charge in [0.1, 0.15) is 6.07 Å². The highest BCUT2D eigenvalue weighted by Crippen LogP contribution is 2.30. The van der Waals surface area contributed by atoms with Gasteiger partial charge in [-0.05, 0) is 31.2 Å². The molecule has 6 nitrogen and oxygen atoms in total. The molecule has 1 fully saturated rings. The van der Waals surface area contributed by atoms with E-state index in [0.717, 1.165) is 17.6 Å². The molecule has 1 aromatic heterocycles. The van der Waals surface area contributed by atoms with Crippen molar-refractivity contribution in [2.45, 2.75) is 39.9 Å². The van der Waals surface area contributed by atoms with Gasteiger partial charge in [-0.25, -0.2) is 0 Å². The number of nitrogens with one attached hydrogen (secondary N) is 1. The number of carbonyl (C=O) groups excluding carboxylic acids is 1. The number of nitriles is 1. The predicted octanol–water partition coefficient (Wildman–Crippen LogP) is 2.86. The van der Waals surface area contributed by atoms with Gasteiger partial charge in [0.25, 0.3) is 0 Å². The van der Waals surface area contributed by atoms with Crippen molar-refractivity contribution in [3.8, 4) is 6.07 Å². The number of carbonyl (C=O) groups is 1. The number of pyridine rings is 1. The molecule has 1 aliphatic heterocycles. The second-order valence-electron chi connectivity index (χ2n) is 8.08. The Morgan fingerprint density at radius 2 is 2.15 bits per heavy atom. The molecule has 6 heteroatoms. The molecule has 0 spiro atoms. The molecule has 3 rings (SSSR count). The first-order valence-electron chi connectivity index (χ1n) is 9.26. The average Bonchev–Trinajstić information content (AvgIpc) is 2.64. The lowest BCUT2D eigenvalue weighted by molar-refractivity contribution is -0.129. The number of hydrogen-bond donors (Lipinski definition) is 1. The van der Waals surface area contributed by atoms with E-state index in [2.05, 4.69) is 21.3 Å². The van der Waals surface area contributed by atoms with Gasteiger partial charge in [0.2, 0.25) is 5.91 Å². The zero-order valence-electron chi connectivity index (χ0n) is 16.3. The Hall–Kier alpha value is -2.65. The summed E-state index contributed by atoms with van der Waals surface area (Å²) < 4.78 is 6.03. The summed E-state index contributed by atoms with van der Waals surface area (Å²) in [5.41, 5.74) is 1.91. The molecule has 2 atom stereocenters. The van der Waals surface area contributed by atoms with Crippen molar-refractivity contribution in [2.75, 3.05) is 24.5 Å². The van der Waals surface area contributed by atoms with Crippen LogP contribution < -0.4 is 10.2 Å².